The molecule has 0 saturated carbocycles. The van der Waals surface area contributed by atoms with Gasteiger partial charge in [-0.05, 0) is 35.7 Å². The first-order valence-electron chi connectivity index (χ1n) is 7.60. The average molecular weight is 483 g/mol. The Morgan fingerprint density at radius 2 is 1.48 bits per heavy atom. The Kier molecular flexibility index (Phi) is 9.07. The van der Waals surface area contributed by atoms with Crippen molar-refractivity contribution in [2.24, 2.45) is 10.2 Å². The van der Waals surface area contributed by atoms with Crippen LogP contribution in [0.15, 0.2) is 62.5 Å². The maximum Gasteiger partial charge on any atom is 1.00 e. The molecule has 3 rings (SSSR count). The summed E-state index contributed by atoms with van der Waals surface area (Å²) in [5.41, 5.74) is 5.19. The number of rotatable bonds is 4. The molecular formula is C16H11N3Na2O8S2. The number of benzene rings is 3. The van der Waals surface area contributed by atoms with Crippen LogP contribution < -0.4 is 64.8 Å². The van der Waals surface area contributed by atoms with Crippen LogP contribution >= 0.6 is 0 Å². The number of phenolic OH excluding ortho intramolecular Hbond substituents is 2. The molecule has 0 amide bonds. The molecule has 11 nitrogen and oxygen atoms in total. The standard InChI is InChI=1S/C16H13N3O8S2.2Na/c17-10-3-1-2-4-11(10)18-19-15-13(29(25,26)27)6-8-5-9(28(22,23)24)7-12(20)14(8)16(15)21;;/h1-7,20-21H,17H2,(H,22,23,24)(H,25,26,27);;/q;2*+1/p-2. The molecule has 15 heteroatoms. The number of aromatic hydroxyl groups is 2. The number of fused-ring (bicyclic) bond motifs is 1. The van der Waals surface area contributed by atoms with Crippen LogP contribution in [-0.4, -0.2) is 36.2 Å². The zero-order chi connectivity index (χ0) is 21.6. The van der Waals surface area contributed by atoms with E-state index in [4.69, 9.17) is 5.73 Å². The van der Waals surface area contributed by atoms with Crippen molar-refractivity contribution in [2.45, 2.75) is 9.79 Å². The Hall–Kier alpha value is -1.26. The van der Waals surface area contributed by atoms with Gasteiger partial charge in [-0.1, -0.05) is 12.1 Å². The normalized spacial score (nSPS) is 11.8. The number of para-hydroxylation sites is 1. The molecule has 0 aliphatic heterocycles. The second-order valence-corrected chi connectivity index (χ2v) is 8.51. The van der Waals surface area contributed by atoms with Gasteiger partial charge in [0.25, 0.3) is 0 Å². The number of nitrogens with two attached hydrogens (primary N) is 1. The van der Waals surface area contributed by atoms with Gasteiger partial charge in [-0.3, -0.25) is 0 Å². The van der Waals surface area contributed by atoms with E-state index in [0.717, 1.165) is 0 Å². The van der Waals surface area contributed by atoms with Gasteiger partial charge in [-0.25, -0.2) is 16.8 Å². The fourth-order valence-electron chi connectivity index (χ4n) is 2.55. The molecule has 31 heavy (non-hydrogen) atoms. The summed E-state index contributed by atoms with van der Waals surface area (Å²) < 4.78 is 68.6. The number of hydrogen-bond acceptors (Lipinski definition) is 11. The van der Waals surface area contributed by atoms with Gasteiger partial charge in [0, 0.05) is 0 Å². The zero-order valence-electron chi connectivity index (χ0n) is 16.2. The quantitative estimate of drug-likeness (QED) is 0.143. The Morgan fingerprint density at radius 1 is 0.871 bits per heavy atom. The van der Waals surface area contributed by atoms with Crippen molar-refractivity contribution in [1.29, 1.82) is 0 Å². The molecule has 3 aromatic rings. The molecule has 0 heterocycles. The number of nitrogens with zero attached hydrogens (tertiary/aromatic N) is 2. The van der Waals surface area contributed by atoms with Crippen molar-refractivity contribution >= 4 is 48.1 Å². The zero-order valence-corrected chi connectivity index (χ0v) is 21.8. The largest absolute Gasteiger partial charge is 1.00 e. The third-order valence-electron chi connectivity index (χ3n) is 3.86. The summed E-state index contributed by atoms with van der Waals surface area (Å²) in [5.74, 6) is -1.80. The molecule has 152 valence electrons. The number of hydrogen-bond donors (Lipinski definition) is 3. The number of azo groups is 1. The van der Waals surface area contributed by atoms with Gasteiger partial charge >= 0.3 is 59.1 Å². The molecule has 0 fully saturated rings. The molecule has 4 N–H and O–H groups in total. The van der Waals surface area contributed by atoms with Gasteiger partial charge in [0.2, 0.25) is 0 Å². The topological polar surface area (TPSA) is 206 Å². The van der Waals surface area contributed by atoms with Gasteiger partial charge < -0.3 is 25.1 Å². The Morgan fingerprint density at radius 3 is 2.03 bits per heavy atom. The van der Waals surface area contributed by atoms with Crippen molar-refractivity contribution in [3.63, 3.8) is 0 Å². The average Bonchev–Trinajstić information content (AvgIpc) is 2.60. The van der Waals surface area contributed by atoms with E-state index in [9.17, 15) is 36.2 Å². The predicted molar refractivity (Wildman–Crippen MR) is 98.2 cm³/mol. The van der Waals surface area contributed by atoms with Crippen molar-refractivity contribution in [2.75, 3.05) is 5.73 Å². The van der Waals surface area contributed by atoms with E-state index in [2.05, 4.69) is 10.2 Å². The summed E-state index contributed by atoms with van der Waals surface area (Å²) in [6.07, 6.45) is 0. The minimum Gasteiger partial charge on any atom is -0.744 e. The minimum atomic E-state index is -5.23. The molecular weight excluding hydrogens is 472 g/mol. The van der Waals surface area contributed by atoms with Gasteiger partial charge in [-0.15, -0.1) is 10.2 Å². The maximum atomic E-state index is 11.7. The van der Waals surface area contributed by atoms with Gasteiger partial charge in [0.15, 0.2) is 5.75 Å². The molecule has 0 bridgehead atoms. The summed E-state index contributed by atoms with van der Waals surface area (Å²) in [5, 5.41) is 27.0. The van der Waals surface area contributed by atoms with Crippen LogP contribution in [0.5, 0.6) is 11.5 Å². The van der Waals surface area contributed by atoms with Gasteiger partial charge in [-0.2, -0.15) is 0 Å². The second kappa shape index (κ2) is 10.1. The van der Waals surface area contributed by atoms with Gasteiger partial charge in [0.05, 0.1) is 20.9 Å². The first-order valence-corrected chi connectivity index (χ1v) is 10.4. The van der Waals surface area contributed by atoms with Crippen LogP contribution in [0.2, 0.25) is 0 Å². The minimum absolute atomic E-state index is 0. The molecule has 0 radical (unpaired) electrons. The number of phenols is 2. The molecule has 0 spiro atoms. The van der Waals surface area contributed by atoms with E-state index in [-0.39, 0.29) is 75.9 Å². The van der Waals surface area contributed by atoms with Gasteiger partial charge in [0.1, 0.15) is 37.4 Å². The fraction of sp³-hybridized carbons (Fsp3) is 0. The van der Waals surface area contributed by atoms with E-state index in [1.807, 2.05) is 0 Å². The monoisotopic (exact) mass is 483 g/mol. The summed E-state index contributed by atoms with van der Waals surface area (Å²) in [6.45, 7) is 0. The summed E-state index contributed by atoms with van der Waals surface area (Å²) in [7, 11) is -10.2. The molecule has 0 atom stereocenters. The van der Waals surface area contributed by atoms with E-state index in [1.165, 1.54) is 12.1 Å². The summed E-state index contributed by atoms with van der Waals surface area (Å²) in [6, 6.07) is 8.05. The first-order chi connectivity index (χ1) is 13.4. The Bertz CT molecular complexity index is 1390. The van der Waals surface area contributed by atoms with E-state index >= 15 is 0 Å². The third kappa shape index (κ3) is 5.96. The summed E-state index contributed by atoms with van der Waals surface area (Å²) in [4.78, 5) is -1.93. The van der Waals surface area contributed by atoms with E-state index < -0.39 is 52.6 Å². The molecule has 3 aromatic carbocycles. The van der Waals surface area contributed by atoms with Crippen molar-refractivity contribution in [1.82, 2.24) is 0 Å². The van der Waals surface area contributed by atoms with Crippen LogP contribution in [0, 0.1) is 0 Å². The first kappa shape index (κ1) is 27.8. The fourth-order valence-corrected chi connectivity index (χ4v) is 3.73. The van der Waals surface area contributed by atoms with Crippen LogP contribution in [0.3, 0.4) is 0 Å². The second-order valence-electron chi connectivity index (χ2n) is 5.78. The number of nitrogen functional groups attached to an aromatic ring is 1. The molecule has 0 unspecified atom stereocenters. The third-order valence-corrected chi connectivity index (χ3v) is 5.52. The van der Waals surface area contributed by atoms with Crippen molar-refractivity contribution in [3.05, 3.63) is 42.5 Å². The Labute approximate surface area is 221 Å². The van der Waals surface area contributed by atoms with Crippen LogP contribution in [0.1, 0.15) is 0 Å². The van der Waals surface area contributed by atoms with E-state index in [1.54, 1.807) is 12.1 Å². The Balaban J connectivity index is 0.00000240. The van der Waals surface area contributed by atoms with Crippen LogP contribution in [0.4, 0.5) is 17.1 Å². The smallest absolute Gasteiger partial charge is 0.744 e. The molecule has 0 saturated heterocycles. The molecule has 0 aliphatic carbocycles. The number of anilines is 1. The molecule has 0 aromatic heterocycles. The van der Waals surface area contributed by atoms with Crippen molar-refractivity contribution < 1.29 is 95.3 Å². The van der Waals surface area contributed by atoms with Crippen LogP contribution in [-0.2, 0) is 20.2 Å². The predicted octanol–water partition coefficient (Wildman–Crippen LogP) is -3.94. The maximum absolute atomic E-state index is 11.7. The van der Waals surface area contributed by atoms with Crippen molar-refractivity contribution in [3.8, 4) is 11.5 Å². The molecule has 0 aliphatic rings. The van der Waals surface area contributed by atoms with Crippen LogP contribution in [0.25, 0.3) is 10.8 Å². The SMILES string of the molecule is Nc1ccccc1N=Nc1c(S(=O)(=O)[O-])cc2cc(S(=O)(=O)[O-])cc(O)c2c1O.[Na+].[Na+]. The van der Waals surface area contributed by atoms with E-state index in [0.29, 0.717) is 18.2 Å². The summed E-state index contributed by atoms with van der Waals surface area (Å²) >= 11 is 0.